The number of aryl methyl sites for hydroxylation is 1. The highest BCUT2D eigenvalue weighted by atomic mass is 16.5. The molecule has 1 aromatic heterocycles. The molecule has 2 aliphatic heterocycles. The highest BCUT2D eigenvalue weighted by molar-refractivity contribution is 6.01. The molecule has 184 valence electrons. The first-order valence-electron chi connectivity index (χ1n) is 12.6. The summed E-state index contributed by atoms with van der Waals surface area (Å²) in [6, 6.07) is 16.3. The van der Waals surface area contributed by atoms with E-state index in [2.05, 4.69) is 36.6 Å². The second-order valence-corrected chi connectivity index (χ2v) is 10.3. The number of aromatic nitrogens is 2. The van der Waals surface area contributed by atoms with Gasteiger partial charge in [-0.05, 0) is 57.4 Å². The number of piperidine rings is 1. The average molecular weight is 475 g/mol. The first-order valence-corrected chi connectivity index (χ1v) is 12.6. The van der Waals surface area contributed by atoms with Crippen LogP contribution in [0.4, 0.5) is 0 Å². The van der Waals surface area contributed by atoms with Crippen molar-refractivity contribution in [1.29, 1.82) is 0 Å². The molecular formula is C28H34N4O3. The number of nitrogens with two attached hydrogens (primary N) is 1. The number of hydrogen-bond acceptors (Lipinski definition) is 4. The zero-order valence-electron chi connectivity index (χ0n) is 20.7. The van der Waals surface area contributed by atoms with Crippen LogP contribution in [0.3, 0.4) is 0 Å². The van der Waals surface area contributed by atoms with Crippen molar-refractivity contribution < 1.29 is 14.3 Å². The van der Waals surface area contributed by atoms with Crippen LogP contribution in [-0.4, -0.2) is 38.5 Å². The van der Waals surface area contributed by atoms with Crippen molar-refractivity contribution in [2.45, 2.75) is 70.6 Å². The smallest absolute Gasteiger partial charge is 0.238 e. The van der Waals surface area contributed by atoms with Gasteiger partial charge in [0.15, 0.2) is 5.72 Å². The van der Waals surface area contributed by atoms with Gasteiger partial charge in [0, 0.05) is 31.3 Å². The van der Waals surface area contributed by atoms with Crippen molar-refractivity contribution in [3.8, 4) is 5.75 Å². The Balaban J connectivity index is 1.27. The Bertz CT molecular complexity index is 1270. The van der Waals surface area contributed by atoms with E-state index in [1.165, 1.54) is 5.52 Å². The Morgan fingerprint density at radius 2 is 1.89 bits per heavy atom. The molecule has 0 saturated carbocycles. The van der Waals surface area contributed by atoms with Crippen molar-refractivity contribution in [3.63, 3.8) is 0 Å². The van der Waals surface area contributed by atoms with E-state index in [-0.39, 0.29) is 11.8 Å². The lowest BCUT2D eigenvalue weighted by molar-refractivity contribution is -0.175. The fourth-order valence-electron chi connectivity index (χ4n) is 5.96. The van der Waals surface area contributed by atoms with Crippen molar-refractivity contribution in [1.82, 2.24) is 14.5 Å². The summed E-state index contributed by atoms with van der Waals surface area (Å²) >= 11 is 0. The molecule has 3 aromatic rings. The Labute approximate surface area is 206 Å². The Morgan fingerprint density at radius 3 is 2.66 bits per heavy atom. The summed E-state index contributed by atoms with van der Waals surface area (Å²) in [5.74, 6) is -0.0216. The molecular weight excluding hydrogens is 440 g/mol. The minimum Gasteiger partial charge on any atom is -0.468 e. The number of likely N-dealkylation sites (tertiary alicyclic amines) is 1. The standard InChI is InChI=1S/C28H34N4O3/c1-18(2)32-22-13-8-7-12-21(22)30-24(32)15-5-4-10-16-31-27(34)25(26(29)33)20-17-28(31,3)35-23-14-9-6-11-19(20)23/h6-9,11-14,18,20,25H,4-5,10,15-17H2,1-3H3,(H2,29,33)/t20-,25-,28+/m0/s1. The first kappa shape index (κ1) is 23.4. The Morgan fingerprint density at radius 1 is 1.14 bits per heavy atom. The summed E-state index contributed by atoms with van der Waals surface area (Å²) in [6.07, 6.45) is 4.20. The number of amides is 2. The van der Waals surface area contributed by atoms with Crippen LogP contribution in [0.15, 0.2) is 48.5 Å². The van der Waals surface area contributed by atoms with Gasteiger partial charge < -0.3 is 19.9 Å². The van der Waals surface area contributed by atoms with Crippen molar-refractivity contribution in [3.05, 3.63) is 59.9 Å². The maximum atomic E-state index is 13.4. The van der Waals surface area contributed by atoms with Gasteiger partial charge in [-0.25, -0.2) is 4.98 Å². The van der Waals surface area contributed by atoms with E-state index in [9.17, 15) is 9.59 Å². The second kappa shape index (κ2) is 9.02. The largest absolute Gasteiger partial charge is 0.468 e. The van der Waals surface area contributed by atoms with Crippen LogP contribution in [0.5, 0.6) is 5.75 Å². The number of nitrogens with zero attached hydrogens (tertiary/aromatic N) is 3. The maximum Gasteiger partial charge on any atom is 0.238 e. The van der Waals surface area contributed by atoms with Gasteiger partial charge in [0.2, 0.25) is 11.8 Å². The number of benzene rings is 2. The Kier molecular flexibility index (Phi) is 6.03. The van der Waals surface area contributed by atoms with Gasteiger partial charge in [-0.15, -0.1) is 0 Å². The van der Waals surface area contributed by atoms with Crippen molar-refractivity contribution >= 4 is 22.8 Å². The minimum absolute atomic E-state index is 0.215. The third-order valence-electron chi connectivity index (χ3n) is 7.53. The van der Waals surface area contributed by atoms with Gasteiger partial charge in [0.25, 0.3) is 0 Å². The molecule has 1 saturated heterocycles. The number of primary amides is 1. The molecule has 35 heavy (non-hydrogen) atoms. The van der Waals surface area contributed by atoms with Gasteiger partial charge in [0.05, 0.1) is 11.0 Å². The molecule has 1 fully saturated rings. The molecule has 7 nitrogen and oxygen atoms in total. The van der Waals surface area contributed by atoms with Gasteiger partial charge in [-0.2, -0.15) is 0 Å². The van der Waals surface area contributed by atoms with E-state index in [0.717, 1.165) is 48.3 Å². The Hall–Kier alpha value is -3.35. The van der Waals surface area contributed by atoms with E-state index < -0.39 is 17.6 Å². The fraction of sp³-hybridized carbons (Fsp3) is 0.464. The molecule has 0 spiro atoms. The molecule has 7 heteroatoms. The van der Waals surface area contributed by atoms with Crippen LogP contribution in [0.2, 0.25) is 0 Å². The zero-order valence-corrected chi connectivity index (χ0v) is 20.7. The number of carbonyl (C=O) groups excluding carboxylic acids is 2. The number of rotatable bonds is 8. The van der Waals surface area contributed by atoms with E-state index in [0.29, 0.717) is 19.0 Å². The van der Waals surface area contributed by atoms with Crippen LogP contribution in [0.25, 0.3) is 11.0 Å². The van der Waals surface area contributed by atoms with Crippen LogP contribution in [0, 0.1) is 5.92 Å². The molecule has 0 unspecified atom stereocenters. The SMILES string of the molecule is CC(C)n1c(CCCCCN2C(=O)[C@H](C(N)=O)[C@H]3C[C@@]2(C)Oc2ccccc23)nc2ccccc21. The molecule has 3 atom stereocenters. The molecule has 5 rings (SSSR count). The molecule has 2 N–H and O–H groups in total. The van der Waals surface area contributed by atoms with E-state index >= 15 is 0 Å². The predicted octanol–water partition coefficient (Wildman–Crippen LogP) is 4.56. The number of ether oxygens (including phenoxy) is 1. The van der Waals surface area contributed by atoms with E-state index in [1.54, 1.807) is 4.90 Å². The zero-order chi connectivity index (χ0) is 24.7. The number of imidazole rings is 1. The van der Waals surface area contributed by atoms with Crippen LogP contribution in [-0.2, 0) is 16.0 Å². The quantitative estimate of drug-likeness (QED) is 0.383. The molecule has 2 aromatic carbocycles. The number of fused-ring (bicyclic) bond motifs is 5. The highest BCUT2D eigenvalue weighted by Gasteiger charge is 2.55. The monoisotopic (exact) mass is 474 g/mol. The molecule has 2 bridgehead atoms. The summed E-state index contributed by atoms with van der Waals surface area (Å²) < 4.78 is 8.66. The summed E-state index contributed by atoms with van der Waals surface area (Å²) in [5, 5.41) is 0. The highest BCUT2D eigenvalue weighted by Crippen LogP contribution is 2.50. The van der Waals surface area contributed by atoms with Gasteiger partial charge in [-0.1, -0.05) is 36.8 Å². The normalized spacial score (nSPS) is 23.4. The maximum absolute atomic E-state index is 13.4. The van der Waals surface area contributed by atoms with E-state index in [1.807, 2.05) is 37.3 Å². The van der Waals surface area contributed by atoms with E-state index in [4.69, 9.17) is 15.5 Å². The number of carbonyl (C=O) groups is 2. The van der Waals surface area contributed by atoms with Gasteiger partial charge in [-0.3, -0.25) is 9.59 Å². The predicted molar refractivity (Wildman–Crippen MR) is 135 cm³/mol. The number of hydrogen-bond donors (Lipinski definition) is 1. The summed E-state index contributed by atoms with van der Waals surface area (Å²) in [7, 11) is 0. The third kappa shape index (κ3) is 4.07. The molecule has 2 amide bonds. The third-order valence-corrected chi connectivity index (χ3v) is 7.53. The van der Waals surface area contributed by atoms with Crippen molar-refractivity contribution in [2.75, 3.05) is 6.54 Å². The molecule has 3 heterocycles. The van der Waals surface area contributed by atoms with Crippen LogP contribution >= 0.6 is 0 Å². The van der Waals surface area contributed by atoms with Gasteiger partial charge >= 0.3 is 0 Å². The lowest BCUT2D eigenvalue weighted by Gasteiger charge is -2.52. The molecule has 2 aliphatic rings. The fourth-order valence-corrected chi connectivity index (χ4v) is 5.96. The van der Waals surface area contributed by atoms with Crippen molar-refractivity contribution in [2.24, 2.45) is 11.7 Å². The van der Waals surface area contributed by atoms with Crippen LogP contribution in [0.1, 0.15) is 69.8 Å². The van der Waals surface area contributed by atoms with Gasteiger partial charge in [0.1, 0.15) is 17.5 Å². The lowest BCUT2D eigenvalue weighted by Crippen LogP contribution is -2.64. The second-order valence-electron chi connectivity index (χ2n) is 10.3. The first-order chi connectivity index (χ1) is 16.8. The van der Waals surface area contributed by atoms with Crippen LogP contribution < -0.4 is 10.5 Å². The molecule has 0 aliphatic carbocycles. The number of para-hydroxylation sites is 3. The topological polar surface area (TPSA) is 90.5 Å². The summed E-state index contributed by atoms with van der Waals surface area (Å²) in [4.78, 5) is 32.4. The minimum atomic E-state index is -0.848. The average Bonchev–Trinajstić information content (AvgIpc) is 3.19. The lowest BCUT2D eigenvalue weighted by atomic mass is 9.73. The molecule has 0 radical (unpaired) electrons. The summed E-state index contributed by atoms with van der Waals surface area (Å²) in [6.45, 7) is 6.86. The number of unbranched alkanes of at least 4 members (excludes halogenated alkanes) is 2. The summed E-state index contributed by atoms with van der Waals surface area (Å²) in [5.41, 5.74) is 8.06.